The quantitative estimate of drug-likeness (QED) is 0.501. The molecule has 0 atom stereocenters. The van der Waals surface area contributed by atoms with Crippen LogP contribution in [-0.4, -0.2) is 36.0 Å². The minimum Gasteiger partial charge on any atom is -2.00 e. The summed E-state index contributed by atoms with van der Waals surface area (Å²) in [5.74, 6) is 0. The summed E-state index contributed by atoms with van der Waals surface area (Å²) in [5, 5.41) is 0. The Hall–Kier alpha value is 1.47. The van der Waals surface area contributed by atoms with Gasteiger partial charge in [0.1, 0.15) is 0 Å². The Bertz CT molecular complexity index is 9.61. The summed E-state index contributed by atoms with van der Waals surface area (Å²) in [4.78, 5) is 0. The molecule has 0 unspecified atom stereocenters. The smallest absolute Gasteiger partial charge is 2.00 e. The van der Waals surface area contributed by atoms with E-state index in [1.165, 1.54) is 0 Å². The first-order valence-corrected chi connectivity index (χ1v) is 0.612. The van der Waals surface area contributed by atoms with Gasteiger partial charge in [0.15, 0.2) is 0 Å². The van der Waals surface area contributed by atoms with Gasteiger partial charge in [-0.2, -0.15) is 0 Å². The van der Waals surface area contributed by atoms with Crippen molar-refractivity contribution in [2.45, 2.75) is 0 Å². The molecule has 0 aromatic carbocycles. The maximum atomic E-state index is 8.06. The molecule has 0 rings (SSSR count). The second-order valence-electron chi connectivity index (χ2n) is 0. The van der Waals surface area contributed by atoms with Crippen molar-refractivity contribution in [1.29, 1.82) is 0 Å². The van der Waals surface area contributed by atoms with Crippen LogP contribution in [0.3, 0.4) is 0 Å². The summed E-state index contributed by atoms with van der Waals surface area (Å²) < 4.78 is 8.06. The minimum atomic E-state index is 0. The molecule has 5 heteroatoms. The summed E-state index contributed by atoms with van der Waals surface area (Å²) >= 11 is 0. The molecule has 5 heavy (non-hydrogen) atoms. The molecule has 0 saturated carbocycles. The molecule has 0 aliphatic carbocycles. The van der Waals surface area contributed by atoms with E-state index in [0.717, 1.165) is 0 Å². The number of rotatable bonds is 0. The van der Waals surface area contributed by atoms with E-state index >= 15 is 0 Å². The van der Waals surface area contributed by atoms with Crippen molar-refractivity contribution in [1.82, 2.24) is 0 Å². The van der Waals surface area contributed by atoms with E-state index < -0.39 is 0 Å². The summed E-state index contributed by atoms with van der Waals surface area (Å²) in [6, 6.07) is 0. The van der Waals surface area contributed by atoms with Crippen molar-refractivity contribution in [3.63, 3.8) is 0 Å². The van der Waals surface area contributed by atoms with E-state index in [0.29, 0.717) is 0 Å². The molecule has 0 aliphatic heterocycles. The van der Waals surface area contributed by atoms with Gasteiger partial charge in [-0.1, -0.05) is 0 Å². The predicted octanol–water partition coefficient (Wildman–Crippen LogP) is -1.00. The third-order valence-electron chi connectivity index (χ3n) is 0. The van der Waals surface area contributed by atoms with Crippen molar-refractivity contribution in [2.24, 2.45) is 0 Å². The molecule has 0 radical (unpaired) electrons. The van der Waals surface area contributed by atoms with Crippen LogP contribution in [0.2, 0.25) is 0 Å². The van der Waals surface area contributed by atoms with Gasteiger partial charge in [-0.3, -0.25) is 0 Å². The molecule has 0 heterocycles. The summed E-state index contributed by atoms with van der Waals surface area (Å²) in [5.41, 5.74) is 0. The van der Waals surface area contributed by atoms with Crippen LogP contribution < -0.4 is 0 Å². The topological polar surface area (TPSA) is 45.6 Å². The second kappa shape index (κ2) is 50.6. The molecule has 0 aliphatic rings. The fourth-order valence-electron chi connectivity index (χ4n) is 0. The zero-order valence-electron chi connectivity index (χ0n) is 2.60. The average Bonchev–Trinajstić information content (AvgIpc) is 1.00. The first kappa shape index (κ1) is 31.7. The summed E-state index contributed by atoms with van der Waals surface area (Å²) in [6.07, 6.45) is 0. The molecule has 0 amide bonds. The molecule has 0 aromatic rings. The second-order valence-corrected chi connectivity index (χ2v) is 0. The Kier molecular flexibility index (Phi) is 321. The van der Waals surface area contributed by atoms with Gasteiger partial charge in [0, 0.05) is 0 Å². The SMILES string of the molecule is O=[Si+2].[In+3].[O-2].[Zn+2]. The predicted molar refractivity (Wildman–Crippen MR) is 12.9 cm³/mol. The van der Waals surface area contributed by atoms with Gasteiger partial charge in [-0.15, -0.1) is 0 Å². The first-order valence-electron chi connectivity index (χ1n) is 0.204. The zero-order valence-corrected chi connectivity index (χ0v) is 9.86. The Labute approximate surface area is 65.0 Å². The fraction of sp³-hybridized carbons (Fsp3) is 0. The van der Waals surface area contributed by atoms with Gasteiger partial charge in [0.25, 0.3) is 0 Å². The van der Waals surface area contributed by atoms with Crippen molar-refractivity contribution in [3.05, 3.63) is 0 Å². The standard InChI is InChI=1S/In.OSi.O.Zn/c;1-2;;/q+3;+2;-2;+2. The normalized spacial score (nSPS) is 1.20. The van der Waals surface area contributed by atoms with Gasteiger partial charge >= 0.3 is 59.9 Å². The van der Waals surface area contributed by atoms with Crippen molar-refractivity contribution >= 4 is 36.0 Å². The van der Waals surface area contributed by atoms with E-state index in [4.69, 9.17) is 4.46 Å². The molecule has 16 valence electrons. The summed E-state index contributed by atoms with van der Waals surface area (Å²) in [7, 11) is 1.72. The molecule has 0 N–H and O–H groups in total. The van der Waals surface area contributed by atoms with E-state index in [-0.39, 0.29) is 50.8 Å². The van der Waals surface area contributed by atoms with Gasteiger partial charge in [0.2, 0.25) is 0 Å². The molecule has 0 bridgehead atoms. The first-order chi connectivity index (χ1) is 1.00. The van der Waals surface area contributed by atoms with Crippen LogP contribution in [0.5, 0.6) is 0 Å². The van der Waals surface area contributed by atoms with Gasteiger partial charge in [-0.25, -0.2) is 0 Å². The van der Waals surface area contributed by atoms with Crippen LogP contribution in [0.4, 0.5) is 0 Å². The largest absolute Gasteiger partial charge is 3.00 e. The summed E-state index contributed by atoms with van der Waals surface area (Å²) in [6.45, 7) is 0. The molecule has 0 fully saturated rings. The monoisotopic (exact) mass is 239 g/mol. The fourth-order valence-corrected chi connectivity index (χ4v) is 0. The molecule has 0 spiro atoms. The van der Waals surface area contributed by atoms with Crippen LogP contribution >= 0.6 is 0 Å². The van der Waals surface area contributed by atoms with Crippen molar-refractivity contribution < 1.29 is 29.4 Å². The molecular formula is InO2SiZn+5. The Balaban J connectivity index is -0.00000000167. The van der Waals surface area contributed by atoms with Crippen LogP contribution in [0.25, 0.3) is 0 Å². The van der Waals surface area contributed by atoms with Gasteiger partial charge in [0.05, 0.1) is 0 Å². The molecule has 2 nitrogen and oxygen atoms in total. The van der Waals surface area contributed by atoms with Crippen LogP contribution in [0, 0.1) is 0 Å². The molecular weight excluding hydrogens is 240 g/mol. The van der Waals surface area contributed by atoms with E-state index in [1.807, 2.05) is 0 Å². The third kappa shape index (κ3) is 30.5. The van der Waals surface area contributed by atoms with Crippen LogP contribution in [0.1, 0.15) is 0 Å². The number of hydrogen-bond acceptors (Lipinski definition) is 1. The van der Waals surface area contributed by atoms with E-state index in [1.54, 1.807) is 10.1 Å². The minimum absolute atomic E-state index is 0. The van der Waals surface area contributed by atoms with Crippen LogP contribution in [-0.2, 0) is 29.4 Å². The zero-order chi connectivity index (χ0) is 2.00. The third-order valence-corrected chi connectivity index (χ3v) is 0. The van der Waals surface area contributed by atoms with Crippen molar-refractivity contribution in [2.75, 3.05) is 0 Å². The van der Waals surface area contributed by atoms with Gasteiger partial charge < -0.3 is 5.48 Å². The van der Waals surface area contributed by atoms with Crippen molar-refractivity contribution in [3.8, 4) is 0 Å². The molecule has 0 aromatic heterocycles. The molecule has 0 saturated heterocycles. The maximum absolute atomic E-state index is 8.06. The van der Waals surface area contributed by atoms with E-state index in [9.17, 15) is 0 Å². The Morgan fingerprint density at radius 3 is 1.20 bits per heavy atom. The van der Waals surface area contributed by atoms with Gasteiger partial charge in [-0.05, 0) is 0 Å². The number of hydrogen-bond donors (Lipinski definition) is 0. The Morgan fingerprint density at radius 1 is 1.20 bits per heavy atom. The van der Waals surface area contributed by atoms with E-state index in [2.05, 4.69) is 0 Å². The Morgan fingerprint density at radius 2 is 1.20 bits per heavy atom. The average molecular weight is 240 g/mol. The maximum Gasteiger partial charge on any atom is 3.00 e. The van der Waals surface area contributed by atoms with Crippen LogP contribution in [0.15, 0.2) is 0 Å².